The van der Waals surface area contributed by atoms with Crippen molar-refractivity contribution >= 4 is 5.97 Å². The van der Waals surface area contributed by atoms with Gasteiger partial charge in [-0.15, -0.1) is 0 Å². The van der Waals surface area contributed by atoms with E-state index in [9.17, 15) is 9.90 Å². The Kier molecular flexibility index (Phi) is 11.8. The smallest absolute Gasteiger partial charge is 0.0645 e. The molecule has 18 heavy (non-hydrogen) atoms. The first kappa shape index (κ1) is 19.3. The first-order chi connectivity index (χ1) is 7.91. The number of aliphatic carboxylic acids is 1. The minimum Gasteiger partial charge on any atom is -0.545 e. The second-order valence-corrected chi connectivity index (χ2v) is 5.28. The van der Waals surface area contributed by atoms with Crippen LogP contribution in [0.25, 0.3) is 0 Å². The SMILES string of the molecule is CC(C=CCC(C)CCCC(C)C)=CC(=O)[O-].[NH4+]. The Hall–Kier alpha value is -1.09. The molecular weight excluding hydrogens is 226 g/mol. The van der Waals surface area contributed by atoms with Gasteiger partial charge in [-0.25, -0.2) is 0 Å². The van der Waals surface area contributed by atoms with E-state index in [1.54, 1.807) is 6.92 Å². The van der Waals surface area contributed by atoms with Crippen LogP contribution in [0.5, 0.6) is 0 Å². The van der Waals surface area contributed by atoms with Gasteiger partial charge in [-0.2, -0.15) is 0 Å². The largest absolute Gasteiger partial charge is 0.545 e. The maximum Gasteiger partial charge on any atom is 0.0645 e. The maximum absolute atomic E-state index is 10.3. The summed E-state index contributed by atoms with van der Waals surface area (Å²) in [7, 11) is 0. The second kappa shape index (κ2) is 11.0. The van der Waals surface area contributed by atoms with E-state index in [1.807, 2.05) is 6.08 Å². The molecule has 3 heteroatoms. The third-order valence-corrected chi connectivity index (χ3v) is 2.74. The summed E-state index contributed by atoms with van der Waals surface area (Å²) in [4.78, 5) is 10.3. The number of rotatable bonds is 8. The molecule has 0 heterocycles. The number of quaternary nitrogens is 1. The van der Waals surface area contributed by atoms with Crippen LogP contribution in [0.3, 0.4) is 0 Å². The topological polar surface area (TPSA) is 76.6 Å². The van der Waals surface area contributed by atoms with Crippen molar-refractivity contribution in [2.45, 2.75) is 53.4 Å². The van der Waals surface area contributed by atoms with Crippen molar-refractivity contribution in [1.29, 1.82) is 0 Å². The summed E-state index contributed by atoms with van der Waals surface area (Å²) in [5, 5.41) is 10.3. The van der Waals surface area contributed by atoms with E-state index in [0.29, 0.717) is 5.92 Å². The molecule has 0 saturated heterocycles. The van der Waals surface area contributed by atoms with Crippen LogP contribution in [-0.2, 0) is 4.79 Å². The molecular formula is C15H29NO2. The molecule has 3 nitrogen and oxygen atoms in total. The van der Waals surface area contributed by atoms with Crippen molar-refractivity contribution in [2.75, 3.05) is 0 Å². The van der Waals surface area contributed by atoms with Crippen LogP contribution in [-0.4, -0.2) is 5.97 Å². The molecule has 0 bridgehead atoms. The predicted octanol–water partition coefficient (Wildman–Crippen LogP) is 3.47. The van der Waals surface area contributed by atoms with Gasteiger partial charge in [-0.1, -0.05) is 52.2 Å². The molecule has 0 fully saturated rings. The van der Waals surface area contributed by atoms with Gasteiger partial charge in [0, 0.05) is 0 Å². The van der Waals surface area contributed by atoms with E-state index in [1.165, 1.54) is 19.3 Å². The van der Waals surface area contributed by atoms with Crippen molar-refractivity contribution in [1.82, 2.24) is 6.15 Å². The van der Waals surface area contributed by atoms with Crippen LogP contribution in [0, 0.1) is 11.8 Å². The van der Waals surface area contributed by atoms with Gasteiger partial charge in [0.2, 0.25) is 0 Å². The van der Waals surface area contributed by atoms with Gasteiger partial charge in [-0.3, -0.25) is 0 Å². The van der Waals surface area contributed by atoms with Gasteiger partial charge in [0.15, 0.2) is 0 Å². The summed E-state index contributed by atoms with van der Waals surface area (Å²) < 4.78 is 0. The van der Waals surface area contributed by atoms with Gasteiger partial charge in [-0.05, 0) is 36.8 Å². The highest BCUT2D eigenvalue weighted by Crippen LogP contribution is 2.15. The average molecular weight is 255 g/mol. The Balaban J connectivity index is 0. The Morgan fingerprint density at radius 3 is 2.33 bits per heavy atom. The molecule has 0 aliphatic rings. The first-order valence-corrected chi connectivity index (χ1v) is 6.47. The lowest BCUT2D eigenvalue weighted by atomic mass is 9.97. The van der Waals surface area contributed by atoms with Crippen molar-refractivity contribution in [3.63, 3.8) is 0 Å². The Morgan fingerprint density at radius 2 is 1.83 bits per heavy atom. The number of carbonyl (C=O) groups is 1. The fraction of sp³-hybridized carbons (Fsp3) is 0.667. The fourth-order valence-corrected chi connectivity index (χ4v) is 1.71. The normalized spacial score (nSPS) is 13.7. The molecule has 0 spiro atoms. The van der Waals surface area contributed by atoms with Crippen molar-refractivity contribution in [3.05, 3.63) is 23.8 Å². The quantitative estimate of drug-likeness (QED) is 0.532. The molecule has 1 atom stereocenters. The lowest BCUT2D eigenvalue weighted by Crippen LogP contribution is -2.19. The van der Waals surface area contributed by atoms with Gasteiger partial charge >= 0.3 is 0 Å². The molecule has 4 N–H and O–H groups in total. The molecule has 0 rings (SSSR count). The summed E-state index contributed by atoms with van der Waals surface area (Å²) >= 11 is 0. The second-order valence-electron chi connectivity index (χ2n) is 5.28. The van der Waals surface area contributed by atoms with Gasteiger partial charge in [0.25, 0.3) is 0 Å². The monoisotopic (exact) mass is 255 g/mol. The Bertz CT molecular complexity index is 280. The van der Waals surface area contributed by atoms with Gasteiger partial charge < -0.3 is 16.1 Å². The summed E-state index contributed by atoms with van der Waals surface area (Å²) in [6, 6.07) is 0. The van der Waals surface area contributed by atoms with Crippen molar-refractivity contribution < 1.29 is 9.90 Å². The van der Waals surface area contributed by atoms with E-state index in [4.69, 9.17) is 0 Å². The highest BCUT2D eigenvalue weighted by atomic mass is 16.4. The number of carboxylic acid groups (broad SMARTS) is 1. The molecule has 0 aromatic heterocycles. The zero-order chi connectivity index (χ0) is 13.3. The number of allylic oxidation sites excluding steroid dienone is 3. The Labute approximate surface area is 112 Å². The highest BCUT2D eigenvalue weighted by molar-refractivity contribution is 5.79. The van der Waals surface area contributed by atoms with E-state index < -0.39 is 5.97 Å². The van der Waals surface area contributed by atoms with Crippen molar-refractivity contribution in [2.24, 2.45) is 11.8 Å². The number of hydrogen-bond acceptors (Lipinski definition) is 2. The standard InChI is InChI=1S/C15H26O2.H3N/c1-12(2)7-5-8-13(3)9-6-10-14(4)11-15(16)17;/h6,10-13H,5,7-9H2,1-4H3,(H,16,17);1H3. The van der Waals surface area contributed by atoms with E-state index in [-0.39, 0.29) is 6.15 Å². The van der Waals surface area contributed by atoms with Gasteiger partial charge in [0.05, 0.1) is 5.97 Å². The molecule has 1 unspecified atom stereocenters. The summed E-state index contributed by atoms with van der Waals surface area (Å²) in [5.41, 5.74) is 0.736. The molecule has 0 saturated carbocycles. The van der Waals surface area contributed by atoms with Crippen LogP contribution in [0.15, 0.2) is 23.8 Å². The van der Waals surface area contributed by atoms with E-state index >= 15 is 0 Å². The van der Waals surface area contributed by atoms with E-state index in [2.05, 4.69) is 26.8 Å². The minimum absolute atomic E-state index is 0. The first-order valence-electron chi connectivity index (χ1n) is 6.47. The highest BCUT2D eigenvalue weighted by Gasteiger charge is 2.00. The molecule has 0 aliphatic carbocycles. The van der Waals surface area contributed by atoms with Crippen LogP contribution in [0.4, 0.5) is 0 Å². The summed E-state index contributed by atoms with van der Waals surface area (Å²) in [5.74, 6) is 0.323. The third kappa shape index (κ3) is 13.0. The molecule has 0 aromatic carbocycles. The van der Waals surface area contributed by atoms with Crippen LogP contribution in [0.2, 0.25) is 0 Å². The van der Waals surface area contributed by atoms with Crippen LogP contribution >= 0.6 is 0 Å². The summed E-state index contributed by atoms with van der Waals surface area (Å²) in [6.45, 7) is 8.51. The zero-order valence-electron chi connectivity index (χ0n) is 12.5. The summed E-state index contributed by atoms with van der Waals surface area (Å²) in [6.07, 6.45) is 9.85. The average Bonchev–Trinajstić information content (AvgIpc) is 2.15. The number of carboxylic acids is 1. The third-order valence-electron chi connectivity index (χ3n) is 2.74. The Morgan fingerprint density at radius 1 is 1.22 bits per heavy atom. The lowest BCUT2D eigenvalue weighted by Gasteiger charge is -2.09. The van der Waals surface area contributed by atoms with E-state index in [0.717, 1.165) is 24.0 Å². The molecule has 0 amide bonds. The minimum atomic E-state index is -1.13. The maximum atomic E-state index is 10.3. The molecule has 0 aliphatic heterocycles. The molecule has 0 radical (unpaired) electrons. The predicted molar refractivity (Wildman–Crippen MR) is 76.4 cm³/mol. The zero-order valence-corrected chi connectivity index (χ0v) is 12.5. The van der Waals surface area contributed by atoms with Crippen LogP contribution < -0.4 is 11.3 Å². The van der Waals surface area contributed by atoms with Crippen molar-refractivity contribution in [3.8, 4) is 0 Å². The van der Waals surface area contributed by atoms with Crippen LogP contribution in [0.1, 0.15) is 53.4 Å². The number of carbonyl (C=O) groups excluding carboxylic acids is 1. The molecule has 106 valence electrons. The fourth-order valence-electron chi connectivity index (χ4n) is 1.71. The van der Waals surface area contributed by atoms with Gasteiger partial charge in [0.1, 0.15) is 0 Å². The lowest BCUT2D eigenvalue weighted by molar-refractivity contribution is -0.297. The number of hydrogen-bond donors (Lipinski definition) is 1. The molecule has 0 aromatic rings.